The van der Waals surface area contributed by atoms with Gasteiger partial charge in [-0.2, -0.15) is 0 Å². The van der Waals surface area contributed by atoms with Crippen molar-refractivity contribution in [2.24, 2.45) is 0 Å². The molecule has 1 fully saturated rings. The molecule has 19 heavy (non-hydrogen) atoms. The number of halogens is 1. The first-order chi connectivity index (χ1) is 9.02. The lowest BCUT2D eigenvalue weighted by Crippen LogP contribution is -2.38. The Morgan fingerprint density at radius 1 is 1.42 bits per heavy atom. The Bertz CT molecular complexity index is 274. The van der Waals surface area contributed by atoms with Gasteiger partial charge in [0, 0.05) is 19.1 Å². The van der Waals surface area contributed by atoms with Gasteiger partial charge in [0.15, 0.2) is 0 Å². The Hall–Kier alpha value is -0.680. The lowest BCUT2D eigenvalue weighted by Gasteiger charge is -2.17. The average molecular weight is 274 g/mol. The molecule has 2 atom stereocenters. The van der Waals surface area contributed by atoms with Crippen molar-refractivity contribution < 1.29 is 14.0 Å². The second kappa shape index (κ2) is 8.48. The Morgan fingerprint density at radius 2 is 2.16 bits per heavy atom. The standard InChI is InChI=1S/C14H27FN2O2/c1-4-5-9-17(15)10-8-12-6-7-13(16-12)14(18)19-11(2)3/h11-13,16H,4-10H2,1-3H3. The maximum Gasteiger partial charge on any atom is 0.323 e. The van der Waals surface area contributed by atoms with Gasteiger partial charge >= 0.3 is 5.97 Å². The molecular formula is C14H27FN2O2. The minimum Gasteiger partial charge on any atom is -0.462 e. The van der Waals surface area contributed by atoms with Crippen LogP contribution in [0.2, 0.25) is 0 Å². The van der Waals surface area contributed by atoms with Crippen LogP contribution in [0.25, 0.3) is 0 Å². The monoisotopic (exact) mass is 274 g/mol. The minimum absolute atomic E-state index is 0.0799. The molecule has 0 bridgehead atoms. The van der Waals surface area contributed by atoms with Crippen molar-refractivity contribution in [2.75, 3.05) is 13.1 Å². The highest BCUT2D eigenvalue weighted by Crippen LogP contribution is 2.17. The van der Waals surface area contributed by atoms with Crippen LogP contribution in [0.4, 0.5) is 4.48 Å². The second-order valence-corrected chi connectivity index (χ2v) is 5.53. The molecule has 1 saturated heterocycles. The lowest BCUT2D eigenvalue weighted by molar-refractivity contribution is -0.149. The molecule has 0 amide bonds. The number of carbonyl (C=O) groups excluding carboxylic acids is 1. The molecule has 0 aromatic heterocycles. The topological polar surface area (TPSA) is 41.6 Å². The maximum absolute atomic E-state index is 13.4. The summed E-state index contributed by atoms with van der Waals surface area (Å²) in [5, 5.41) is 4.12. The van der Waals surface area contributed by atoms with E-state index in [1.807, 2.05) is 13.8 Å². The van der Waals surface area contributed by atoms with Crippen LogP contribution in [0.1, 0.15) is 52.9 Å². The van der Waals surface area contributed by atoms with Crippen molar-refractivity contribution in [3.05, 3.63) is 0 Å². The highest BCUT2D eigenvalue weighted by molar-refractivity contribution is 5.76. The number of rotatable bonds is 8. The molecule has 112 valence electrons. The molecule has 5 heteroatoms. The molecule has 1 rings (SSSR count). The van der Waals surface area contributed by atoms with Crippen LogP contribution in [-0.2, 0) is 9.53 Å². The van der Waals surface area contributed by atoms with Gasteiger partial charge in [-0.1, -0.05) is 13.3 Å². The summed E-state index contributed by atoms with van der Waals surface area (Å²) in [5.74, 6) is -0.180. The van der Waals surface area contributed by atoms with E-state index in [-0.39, 0.29) is 24.2 Å². The molecule has 0 saturated carbocycles. The molecule has 1 aliphatic rings. The molecule has 0 aromatic carbocycles. The van der Waals surface area contributed by atoms with E-state index in [2.05, 4.69) is 12.2 Å². The molecular weight excluding hydrogens is 247 g/mol. The van der Waals surface area contributed by atoms with Crippen LogP contribution in [0.5, 0.6) is 0 Å². The van der Waals surface area contributed by atoms with E-state index in [1.165, 1.54) is 0 Å². The molecule has 4 nitrogen and oxygen atoms in total. The van der Waals surface area contributed by atoms with E-state index in [4.69, 9.17) is 4.74 Å². The van der Waals surface area contributed by atoms with E-state index in [0.29, 0.717) is 13.1 Å². The number of unbranched alkanes of at least 4 members (excludes halogenated alkanes) is 1. The zero-order chi connectivity index (χ0) is 14.3. The molecule has 1 heterocycles. The fraction of sp³-hybridized carbons (Fsp3) is 0.929. The summed E-state index contributed by atoms with van der Waals surface area (Å²) in [7, 11) is 0. The van der Waals surface area contributed by atoms with Crippen molar-refractivity contribution in [1.29, 1.82) is 0 Å². The average Bonchev–Trinajstić information content (AvgIpc) is 2.82. The molecule has 0 radical (unpaired) electrons. The van der Waals surface area contributed by atoms with E-state index in [0.717, 1.165) is 37.2 Å². The minimum atomic E-state index is -0.212. The first-order valence-electron chi connectivity index (χ1n) is 7.40. The third-order valence-corrected chi connectivity index (χ3v) is 3.35. The van der Waals surface area contributed by atoms with Crippen molar-refractivity contribution in [1.82, 2.24) is 10.4 Å². The largest absolute Gasteiger partial charge is 0.462 e. The van der Waals surface area contributed by atoms with Crippen molar-refractivity contribution in [3.8, 4) is 0 Å². The Balaban J connectivity index is 2.19. The van der Waals surface area contributed by atoms with E-state index in [9.17, 15) is 9.28 Å². The Labute approximate surface area is 115 Å². The van der Waals surface area contributed by atoms with Crippen LogP contribution in [-0.4, -0.2) is 42.4 Å². The summed E-state index contributed by atoms with van der Waals surface area (Å²) in [6.07, 6.45) is 4.26. The predicted molar refractivity (Wildman–Crippen MR) is 73.4 cm³/mol. The summed E-state index contributed by atoms with van der Waals surface area (Å²) in [6, 6.07) is 0.0145. The summed E-state index contributed by atoms with van der Waals surface area (Å²) < 4.78 is 18.6. The van der Waals surface area contributed by atoms with Crippen molar-refractivity contribution in [3.63, 3.8) is 0 Å². The van der Waals surface area contributed by atoms with Crippen molar-refractivity contribution in [2.45, 2.75) is 71.1 Å². The lowest BCUT2D eigenvalue weighted by atomic mass is 10.1. The van der Waals surface area contributed by atoms with Crippen molar-refractivity contribution >= 4 is 5.97 Å². The number of hydrogen-bond donors (Lipinski definition) is 1. The number of nitrogens with zero attached hydrogens (tertiary/aromatic N) is 1. The second-order valence-electron chi connectivity index (χ2n) is 5.53. The highest BCUT2D eigenvalue weighted by Gasteiger charge is 2.30. The number of hydrogen-bond acceptors (Lipinski definition) is 4. The van der Waals surface area contributed by atoms with E-state index >= 15 is 0 Å². The Morgan fingerprint density at radius 3 is 2.79 bits per heavy atom. The summed E-state index contributed by atoms with van der Waals surface area (Å²) in [4.78, 5) is 11.7. The van der Waals surface area contributed by atoms with E-state index < -0.39 is 0 Å². The zero-order valence-corrected chi connectivity index (χ0v) is 12.3. The first kappa shape index (κ1) is 16.4. The first-order valence-corrected chi connectivity index (χ1v) is 7.40. The van der Waals surface area contributed by atoms with Crippen LogP contribution < -0.4 is 5.32 Å². The number of esters is 1. The number of ether oxygens (including phenoxy) is 1. The van der Waals surface area contributed by atoms with Crippen LogP contribution in [0.3, 0.4) is 0 Å². The SMILES string of the molecule is CCCCN(F)CCC1CCC(C(=O)OC(C)C)N1. The highest BCUT2D eigenvalue weighted by atomic mass is 19.2. The fourth-order valence-electron chi connectivity index (χ4n) is 2.28. The van der Waals surface area contributed by atoms with E-state index in [1.54, 1.807) is 0 Å². The van der Waals surface area contributed by atoms with Gasteiger partial charge < -0.3 is 10.1 Å². The third-order valence-electron chi connectivity index (χ3n) is 3.35. The summed E-state index contributed by atoms with van der Waals surface area (Å²) in [6.45, 7) is 6.68. The van der Waals surface area contributed by atoms with Gasteiger partial charge in [0.25, 0.3) is 0 Å². The molecule has 0 spiro atoms. The van der Waals surface area contributed by atoms with Gasteiger partial charge in [-0.15, -0.1) is 9.60 Å². The number of carbonyl (C=O) groups is 1. The fourth-order valence-corrected chi connectivity index (χ4v) is 2.28. The van der Waals surface area contributed by atoms with Gasteiger partial charge in [0.2, 0.25) is 0 Å². The van der Waals surface area contributed by atoms with Crippen LogP contribution in [0.15, 0.2) is 0 Å². The van der Waals surface area contributed by atoms with Gasteiger partial charge in [0.1, 0.15) is 6.04 Å². The summed E-state index contributed by atoms with van der Waals surface area (Å²) >= 11 is 0. The molecule has 0 aromatic rings. The van der Waals surface area contributed by atoms with Crippen LogP contribution >= 0.6 is 0 Å². The number of nitrogens with one attached hydrogen (secondary N) is 1. The maximum atomic E-state index is 13.4. The zero-order valence-electron chi connectivity index (χ0n) is 12.3. The van der Waals surface area contributed by atoms with Gasteiger partial charge in [-0.05, 0) is 39.5 Å². The molecule has 1 aliphatic heterocycles. The van der Waals surface area contributed by atoms with Gasteiger partial charge in [-0.3, -0.25) is 4.79 Å². The molecule has 2 unspecified atom stereocenters. The summed E-state index contributed by atoms with van der Waals surface area (Å²) in [5.41, 5.74) is 0. The third kappa shape index (κ3) is 6.34. The van der Waals surface area contributed by atoms with Crippen LogP contribution in [0, 0.1) is 0 Å². The Kier molecular flexibility index (Phi) is 7.31. The normalized spacial score (nSPS) is 23.3. The molecule has 0 aliphatic carbocycles. The smallest absolute Gasteiger partial charge is 0.323 e. The van der Waals surface area contributed by atoms with Gasteiger partial charge in [-0.25, -0.2) is 0 Å². The quantitative estimate of drug-likeness (QED) is 0.545. The molecule has 1 N–H and O–H groups in total. The van der Waals surface area contributed by atoms with Gasteiger partial charge in [0.05, 0.1) is 6.10 Å². The predicted octanol–water partition coefficient (Wildman–Crippen LogP) is 2.44.